The summed E-state index contributed by atoms with van der Waals surface area (Å²) in [4.78, 5) is 36.5. The first kappa shape index (κ1) is 17.5. The van der Waals surface area contributed by atoms with E-state index in [0.29, 0.717) is 0 Å². The second kappa shape index (κ2) is 6.74. The van der Waals surface area contributed by atoms with Crippen LogP contribution in [0.5, 0.6) is 0 Å². The first-order valence-corrected chi connectivity index (χ1v) is 7.91. The number of phosphoric ester groups is 1. The molecule has 2 rings (SSSR count). The lowest BCUT2D eigenvalue weighted by Crippen LogP contribution is -2.28. The highest BCUT2D eigenvalue weighted by Crippen LogP contribution is 2.38. The molecular formula is C10H16N5O7P. The maximum absolute atomic E-state index is 11.9. The molecule has 1 aliphatic heterocycles. The molecule has 3 atom stereocenters. The summed E-state index contributed by atoms with van der Waals surface area (Å²) in [5, 5.41) is 9.83. The number of aliphatic hydroxyl groups excluding tert-OH is 1. The van der Waals surface area contributed by atoms with Crippen molar-refractivity contribution < 1.29 is 28.7 Å². The van der Waals surface area contributed by atoms with Crippen LogP contribution in [-0.2, 0) is 13.8 Å². The molecule has 13 heteroatoms. The van der Waals surface area contributed by atoms with Crippen molar-refractivity contribution in [2.45, 2.75) is 24.9 Å². The molecule has 1 fully saturated rings. The summed E-state index contributed by atoms with van der Waals surface area (Å²) in [6.45, 7) is -0.518. The Kier molecular flexibility index (Phi) is 5.14. The average molecular weight is 349 g/mol. The summed E-state index contributed by atoms with van der Waals surface area (Å²) in [5.74, 6) is -0.233. The average Bonchev–Trinajstić information content (AvgIpc) is 2.76. The van der Waals surface area contributed by atoms with Crippen LogP contribution in [0.25, 0.3) is 0 Å². The molecule has 0 bridgehead atoms. The van der Waals surface area contributed by atoms with Gasteiger partial charge in [-0.2, -0.15) is 9.98 Å². The molecule has 0 amide bonds. The van der Waals surface area contributed by atoms with Gasteiger partial charge in [-0.1, -0.05) is 0 Å². The SMILES string of the molecule is NC(N)=Nc1ccn(C2CC(O)C(COP(=O)(O)O)O2)c(=O)n1. The van der Waals surface area contributed by atoms with E-state index in [1.807, 2.05) is 0 Å². The van der Waals surface area contributed by atoms with Gasteiger partial charge in [0.15, 0.2) is 11.8 Å². The van der Waals surface area contributed by atoms with Gasteiger partial charge in [0.2, 0.25) is 0 Å². The quantitative estimate of drug-likeness (QED) is 0.223. The molecule has 0 spiro atoms. The lowest BCUT2D eigenvalue weighted by atomic mass is 10.2. The van der Waals surface area contributed by atoms with Crippen LogP contribution in [0.3, 0.4) is 0 Å². The standard InChI is InChI=1S/C10H16N5O7P/c11-9(12)13-7-1-2-15(10(17)14-7)8-3-5(16)6(22-8)4-21-23(18,19)20/h1-2,5-6,8,16H,3-4H2,(H2,18,19,20)(H4,11,12,13,14,17). The van der Waals surface area contributed by atoms with Gasteiger partial charge in [-0.25, -0.2) is 9.36 Å². The number of aliphatic hydroxyl groups is 1. The number of ether oxygens (including phenoxy) is 1. The Balaban J connectivity index is 2.10. The summed E-state index contributed by atoms with van der Waals surface area (Å²) < 4.78 is 21.4. The third-order valence-corrected chi connectivity index (χ3v) is 3.47. The molecule has 1 aromatic rings. The Hall–Kier alpha value is -1.82. The number of nitrogens with two attached hydrogens (primary N) is 2. The highest BCUT2D eigenvalue weighted by Gasteiger charge is 2.37. The van der Waals surface area contributed by atoms with Gasteiger partial charge in [0, 0.05) is 12.6 Å². The Morgan fingerprint density at radius 1 is 1.57 bits per heavy atom. The zero-order valence-electron chi connectivity index (χ0n) is 11.7. The van der Waals surface area contributed by atoms with E-state index in [4.69, 9.17) is 26.0 Å². The van der Waals surface area contributed by atoms with Gasteiger partial charge < -0.3 is 31.1 Å². The second-order valence-electron chi connectivity index (χ2n) is 4.73. The van der Waals surface area contributed by atoms with Gasteiger partial charge in [0.05, 0.1) is 12.7 Å². The van der Waals surface area contributed by atoms with Crippen molar-refractivity contribution in [2.24, 2.45) is 16.5 Å². The Morgan fingerprint density at radius 2 is 2.26 bits per heavy atom. The van der Waals surface area contributed by atoms with E-state index in [1.165, 1.54) is 12.3 Å². The maximum atomic E-state index is 11.9. The van der Waals surface area contributed by atoms with Crippen molar-refractivity contribution in [3.05, 3.63) is 22.7 Å². The number of hydrogen-bond acceptors (Lipinski definition) is 7. The molecule has 23 heavy (non-hydrogen) atoms. The van der Waals surface area contributed by atoms with Crippen molar-refractivity contribution in [2.75, 3.05) is 6.61 Å². The predicted octanol–water partition coefficient (Wildman–Crippen LogP) is -2.09. The summed E-state index contributed by atoms with van der Waals surface area (Å²) in [5.41, 5.74) is 9.66. The molecule has 0 aliphatic carbocycles. The van der Waals surface area contributed by atoms with Gasteiger partial charge in [0.1, 0.15) is 12.3 Å². The van der Waals surface area contributed by atoms with Crippen LogP contribution in [0.4, 0.5) is 5.82 Å². The minimum Gasteiger partial charge on any atom is -0.390 e. The molecule has 12 nitrogen and oxygen atoms in total. The molecule has 2 heterocycles. The van der Waals surface area contributed by atoms with Crippen LogP contribution in [0.1, 0.15) is 12.6 Å². The molecule has 1 saturated heterocycles. The van der Waals surface area contributed by atoms with Crippen molar-refractivity contribution in [3.8, 4) is 0 Å². The van der Waals surface area contributed by atoms with Crippen molar-refractivity contribution in [1.82, 2.24) is 9.55 Å². The molecule has 0 saturated carbocycles. The van der Waals surface area contributed by atoms with Crippen molar-refractivity contribution in [1.29, 1.82) is 0 Å². The van der Waals surface area contributed by atoms with Crippen LogP contribution in [0, 0.1) is 0 Å². The molecule has 128 valence electrons. The van der Waals surface area contributed by atoms with Gasteiger partial charge in [0.25, 0.3) is 0 Å². The van der Waals surface area contributed by atoms with E-state index < -0.39 is 38.6 Å². The number of aliphatic imine (C=N–C) groups is 1. The Labute approximate surface area is 129 Å². The Morgan fingerprint density at radius 3 is 2.83 bits per heavy atom. The predicted molar refractivity (Wildman–Crippen MR) is 76.5 cm³/mol. The van der Waals surface area contributed by atoms with Crippen LogP contribution in [-0.4, -0.2) is 49.2 Å². The number of phosphoric acid groups is 1. The van der Waals surface area contributed by atoms with Gasteiger partial charge in [-0.05, 0) is 6.07 Å². The van der Waals surface area contributed by atoms with Crippen LogP contribution in [0.2, 0.25) is 0 Å². The van der Waals surface area contributed by atoms with E-state index in [1.54, 1.807) is 0 Å². The summed E-state index contributed by atoms with van der Waals surface area (Å²) in [7, 11) is -4.68. The molecular weight excluding hydrogens is 333 g/mol. The largest absolute Gasteiger partial charge is 0.469 e. The molecule has 0 aromatic carbocycles. The lowest BCUT2D eigenvalue weighted by Gasteiger charge is -2.16. The van der Waals surface area contributed by atoms with Crippen LogP contribution >= 0.6 is 7.82 Å². The minimum atomic E-state index is -4.68. The fourth-order valence-corrected chi connectivity index (χ4v) is 2.36. The highest BCUT2D eigenvalue weighted by atomic mass is 31.2. The molecule has 0 radical (unpaired) electrons. The second-order valence-corrected chi connectivity index (χ2v) is 5.97. The number of nitrogens with zero attached hydrogens (tertiary/aromatic N) is 3. The van der Waals surface area contributed by atoms with E-state index in [0.717, 1.165) is 4.57 Å². The third-order valence-electron chi connectivity index (χ3n) is 2.98. The number of rotatable bonds is 5. The van der Waals surface area contributed by atoms with Gasteiger partial charge in [-0.15, -0.1) is 0 Å². The monoisotopic (exact) mass is 349 g/mol. The topological polar surface area (TPSA) is 196 Å². The number of hydrogen-bond donors (Lipinski definition) is 5. The normalized spacial score (nSPS) is 24.6. The third kappa shape index (κ3) is 4.82. The molecule has 3 unspecified atom stereocenters. The van der Waals surface area contributed by atoms with E-state index in [2.05, 4.69) is 14.5 Å². The number of guanidine groups is 1. The van der Waals surface area contributed by atoms with E-state index in [-0.39, 0.29) is 18.2 Å². The highest BCUT2D eigenvalue weighted by molar-refractivity contribution is 7.46. The fraction of sp³-hybridized carbons (Fsp3) is 0.500. The summed E-state index contributed by atoms with van der Waals surface area (Å²) in [6.07, 6.45) is -1.55. The number of aromatic nitrogens is 2. The summed E-state index contributed by atoms with van der Waals surface area (Å²) in [6, 6.07) is 1.37. The molecule has 1 aliphatic rings. The molecule has 1 aromatic heterocycles. The molecule has 7 N–H and O–H groups in total. The van der Waals surface area contributed by atoms with Crippen LogP contribution < -0.4 is 17.2 Å². The van der Waals surface area contributed by atoms with Gasteiger partial charge in [-0.3, -0.25) is 9.09 Å². The van der Waals surface area contributed by atoms with E-state index >= 15 is 0 Å². The smallest absolute Gasteiger partial charge is 0.390 e. The van der Waals surface area contributed by atoms with Crippen molar-refractivity contribution >= 4 is 19.6 Å². The van der Waals surface area contributed by atoms with Crippen LogP contribution in [0.15, 0.2) is 22.1 Å². The lowest BCUT2D eigenvalue weighted by molar-refractivity contribution is -0.0450. The maximum Gasteiger partial charge on any atom is 0.469 e. The zero-order valence-corrected chi connectivity index (χ0v) is 12.6. The van der Waals surface area contributed by atoms with E-state index in [9.17, 15) is 14.5 Å². The fourth-order valence-electron chi connectivity index (χ4n) is 2.02. The van der Waals surface area contributed by atoms with Crippen molar-refractivity contribution in [3.63, 3.8) is 0 Å². The first-order valence-electron chi connectivity index (χ1n) is 6.38. The van der Waals surface area contributed by atoms with Gasteiger partial charge >= 0.3 is 13.5 Å². The summed E-state index contributed by atoms with van der Waals surface area (Å²) >= 11 is 0. The Bertz CT molecular complexity index is 697. The first-order chi connectivity index (χ1) is 10.7. The zero-order chi connectivity index (χ0) is 17.2. The minimum absolute atomic E-state index is 0.0196.